The van der Waals surface area contributed by atoms with Gasteiger partial charge in [0, 0.05) is 23.7 Å². The van der Waals surface area contributed by atoms with Crippen LogP contribution >= 0.6 is 0 Å². The third-order valence-electron chi connectivity index (χ3n) is 12.0. The van der Waals surface area contributed by atoms with E-state index in [-0.39, 0.29) is 72.0 Å². The van der Waals surface area contributed by atoms with Crippen molar-refractivity contribution in [2.24, 2.45) is 47.3 Å². The second kappa shape index (κ2) is 15.2. The van der Waals surface area contributed by atoms with Crippen LogP contribution in [0.5, 0.6) is 0 Å². The third kappa shape index (κ3) is 8.00. The summed E-state index contributed by atoms with van der Waals surface area (Å²) in [6, 6.07) is 0. The molecule has 5 unspecified atom stereocenters. The third-order valence-corrected chi connectivity index (χ3v) is 12.0. The summed E-state index contributed by atoms with van der Waals surface area (Å²) >= 11 is 0. The second-order valence-electron chi connectivity index (χ2n) is 15.6. The lowest BCUT2D eigenvalue weighted by Crippen LogP contribution is -2.21. The fourth-order valence-corrected chi connectivity index (χ4v) is 8.47. The van der Waals surface area contributed by atoms with Crippen molar-refractivity contribution >= 4 is 23.9 Å². The van der Waals surface area contributed by atoms with E-state index in [1.54, 1.807) is 0 Å². The number of carbonyl (C=O) groups is 4. The molecule has 4 aliphatic heterocycles. The van der Waals surface area contributed by atoms with Gasteiger partial charge in [0.15, 0.2) is 0 Å². The van der Waals surface area contributed by atoms with E-state index < -0.39 is 0 Å². The quantitative estimate of drug-likeness (QED) is 0.148. The molecule has 8 aliphatic rings. The summed E-state index contributed by atoms with van der Waals surface area (Å²) in [5, 5.41) is 0. The van der Waals surface area contributed by atoms with Gasteiger partial charge in [0.05, 0.1) is 23.7 Å². The molecule has 8 nitrogen and oxygen atoms in total. The van der Waals surface area contributed by atoms with Crippen molar-refractivity contribution in [3.63, 3.8) is 0 Å². The molecule has 0 aromatic carbocycles. The summed E-state index contributed by atoms with van der Waals surface area (Å²) < 4.78 is 20.9. The van der Waals surface area contributed by atoms with Crippen molar-refractivity contribution in [3.8, 4) is 0 Å². The van der Waals surface area contributed by atoms with Gasteiger partial charge in [-0.3, -0.25) is 19.2 Å². The van der Waals surface area contributed by atoms with Crippen LogP contribution in [0.15, 0.2) is 46.6 Å². The van der Waals surface area contributed by atoms with Crippen molar-refractivity contribution in [1.82, 2.24) is 0 Å². The van der Waals surface area contributed by atoms with Gasteiger partial charge in [0.25, 0.3) is 0 Å². The number of hydrogen-bond acceptors (Lipinski definition) is 8. The number of hydrogen-bond donors (Lipinski definition) is 0. The average Bonchev–Trinajstić information content (AvgIpc) is 3.69. The van der Waals surface area contributed by atoms with Gasteiger partial charge >= 0.3 is 23.9 Å². The van der Waals surface area contributed by atoms with Crippen LogP contribution in [-0.4, -0.2) is 48.3 Å². The highest BCUT2D eigenvalue weighted by Gasteiger charge is 2.44. The lowest BCUT2D eigenvalue weighted by molar-refractivity contribution is -0.143. The molecule has 4 fully saturated rings. The Balaban J connectivity index is 0.000000125. The first-order valence-electron chi connectivity index (χ1n) is 18.2. The number of carbonyl (C=O) groups excluding carboxylic acids is 4. The summed E-state index contributed by atoms with van der Waals surface area (Å²) in [4.78, 5) is 44.8. The van der Waals surface area contributed by atoms with Gasteiger partial charge in [0.2, 0.25) is 0 Å². The van der Waals surface area contributed by atoms with Gasteiger partial charge in [-0.1, -0.05) is 50.0 Å². The van der Waals surface area contributed by atoms with Crippen molar-refractivity contribution in [1.29, 1.82) is 0 Å². The first-order chi connectivity index (χ1) is 22.7. The molecule has 0 radical (unpaired) electrons. The van der Waals surface area contributed by atoms with Crippen LogP contribution in [-0.2, 0) is 38.1 Å². The van der Waals surface area contributed by atoms with E-state index in [1.807, 2.05) is 27.7 Å². The van der Waals surface area contributed by atoms with Crippen LogP contribution in [0.2, 0.25) is 0 Å². The van der Waals surface area contributed by atoms with Crippen LogP contribution in [0.4, 0.5) is 0 Å². The SMILES string of the molecule is CC1=CC2OC(=O)[C@@H](C)C2CC1.CC1=CC2OC(=O)[C@@H](C)[C@@H]2CC1.CC1=CC2OC(=O)[C@H](C)[C@@H]2CC1.CC1=CC2OC(=O)[C@H](C)[C@H]2CC1. The molecule has 0 saturated carbocycles. The van der Waals surface area contributed by atoms with E-state index in [0.717, 1.165) is 51.4 Å². The van der Waals surface area contributed by atoms with Crippen LogP contribution in [0.1, 0.15) is 107 Å². The fraction of sp³-hybridized carbons (Fsp3) is 0.700. The minimum Gasteiger partial charge on any atom is -0.458 e. The van der Waals surface area contributed by atoms with E-state index in [9.17, 15) is 19.2 Å². The van der Waals surface area contributed by atoms with Crippen molar-refractivity contribution in [2.75, 3.05) is 0 Å². The number of fused-ring (bicyclic) bond motifs is 4. The fourth-order valence-electron chi connectivity index (χ4n) is 8.47. The Hall–Kier alpha value is -3.16. The van der Waals surface area contributed by atoms with E-state index in [1.165, 1.54) is 22.3 Å². The molecule has 8 rings (SSSR count). The number of ether oxygens (including phenoxy) is 4. The smallest absolute Gasteiger partial charge is 0.309 e. The Morgan fingerprint density at radius 1 is 0.396 bits per heavy atom. The minimum absolute atomic E-state index is 0.0176. The molecule has 12 atom stereocenters. The van der Waals surface area contributed by atoms with Gasteiger partial charge in [-0.15, -0.1) is 0 Å². The summed E-state index contributed by atoms with van der Waals surface area (Å²) in [5.41, 5.74) is 5.44. The molecular formula is C40H56O8. The van der Waals surface area contributed by atoms with E-state index in [0.29, 0.717) is 23.7 Å². The monoisotopic (exact) mass is 664 g/mol. The number of allylic oxidation sites excluding steroid dienone is 4. The highest BCUT2D eigenvalue weighted by molar-refractivity contribution is 5.76. The van der Waals surface area contributed by atoms with Gasteiger partial charge < -0.3 is 18.9 Å². The maximum atomic E-state index is 11.2. The van der Waals surface area contributed by atoms with Gasteiger partial charge in [0.1, 0.15) is 24.4 Å². The predicted molar refractivity (Wildman–Crippen MR) is 182 cm³/mol. The van der Waals surface area contributed by atoms with Crippen LogP contribution < -0.4 is 0 Å². The largest absolute Gasteiger partial charge is 0.458 e. The zero-order valence-electron chi connectivity index (χ0n) is 30.2. The minimum atomic E-state index is -0.0176. The molecule has 0 spiro atoms. The average molecular weight is 665 g/mol. The van der Waals surface area contributed by atoms with E-state index >= 15 is 0 Å². The molecular weight excluding hydrogens is 608 g/mol. The highest BCUT2D eigenvalue weighted by Crippen LogP contribution is 2.40. The second-order valence-corrected chi connectivity index (χ2v) is 15.6. The standard InChI is InChI=1S/4C10H14O2/c4*1-6-3-4-8-7(2)10(11)12-9(8)5-6/h4*5,7-9H,3-4H2,1-2H3/t7-,8?,9?;7-,8+,9?;2*7-,8-,9?/m0110/s1. The molecule has 264 valence electrons. The molecule has 0 amide bonds. The zero-order valence-corrected chi connectivity index (χ0v) is 30.2. The number of rotatable bonds is 0. The Labute approximate surface area is 286 Å². The van der Waals surface area contributed by atoms with Crippen LogP contribution in [0.3, 0.4) is 0 Å². The summed E-state index contributed by atoms with van der Waals surface area (Å²) in [6.45, 7) is 16.3. The highest BCUT2D eigenvalue weighted by atomic mass is 16.6. The van der Waals surface area contributed by atoms with Gasteiger partial charge in [-0.25, -0.2) is 0 Å². The van der Waals surface area contributed by atoms with Crippen molar-refractivity contribution < 1.29 is 38.1 Å². The molecule has 4 saturated heterocycles. The topological polar surface area (TPSA) is 105 Å². The molecule has 8 heteroatoms. The Kier molecular flexibility index (Phi) is 11.4. The van der Waals surface area contributed by atoms with E-state index in [4.69, 9.17) is 18.9 Å². The molecule has 0 N–H and O–H groups in total. The lowest BCUT2D eigenvalue weighted by Gasteiger charge is -2.22. The Bertz CT molecular complexity index is 1180. The first kappa shape index (κ1) is 36.1. The summed E-state index contributed by atoms with van der Waals surface area (Å²) in [5.74, 6) is 2.15. The van der Waals surface area contributed by atoms with Crippen molar-refractivity contribution in [2.45, 2.75) is 131 Å². The molecule has 0 bridgehead atoms. The van der Waals surface area contributed by atoms with Gasteiger partial charge in [-0.05, 0) is 103 Å². The Morgan fingerprint density at radius 3 is 0.771 bits per heavy atom. The lowest BCUT2D eigenvalue weighted by atomic mass is 9.82. The van der Waals surface area contributed by atoms with Gasteiger partial charge in [-0.2, -0.15) is 0 Å². The van der Waals surface area contributed by atoms with E-state index in [2.05, 4.69) is 52.0 Å². The predicted octanol–water partition coefficient (Wildman–Crippen LogP) is 7.62. The Morgan fingerprint density at radius 2 is 0.583 bits per heavy atom. The summed E-state index contributed by atoms with van der Waals surface area (Å²) in [6.07, 6.45) is 17.7. The molecule has 0 aromatic rings. The zero-order chi connectivity index (χ0) is 34.9. The first-order valence-corrected chi connectivity index (χ1v) is 18.2. The van der Waals surface area contributed by atoms with Crippen LogP contribution in [0, 0.1) is 47.3 Å². The maximum absolute atomic E-state index is 11.2. The molecule has 4 aliphatic carbocycles. The maximum Gasteiger partial charge on any atom is 0.309 e. The normalized spacial score (nSPS) is 40.3. The van der Waals surface area contributed by atoms with Crippen molar-refractivity contribution in [3.05, 3.63) is 46.6 Å². The van der Waals surface area contributed by atoms with Crippen LogP contribution in [0.25, 0.3) is 0 Å². The summed E-state index contributed by atoms with van der Waals surface area (Å²) in [7, 11) is 0. The molecule has 48 heavy (non-hydrogen) atoms. The number of esters is 4. The molecule has 4 heterocycles. The molecule has 0 aromatic heterocycles.